The Labute approximate surface area is 115 Å². The Balaban J connectivity index is 1.94. The Morgan fingerprint density at radius 2 is 2.16 bits per heavy atom. The molecule has 0 spiro atoms. The lowest BCUT2D eigenvalue weighted by atomic mass is 10.0. The Hall–Kier alpha value is -1.23. The molecule has 2 rings (SSSR count). The molecule has 1 aromatic carbocycles. The SMILES string of the molecule is CC(C)S(=O)(=O)CCOc1ccc2c(c1)NCCC2. The second kappa shape index (κ2) is 5.82. The lowest BCUT2D eigenvalue weighted by Crippen LogP contribution is -2.22. The molecule has 0 amide bonds. The minimum absolute atomic E-state index is 0.0647. The molecule has 0 aliphatic carbocycles. The summed E-state index contributed by atoms with van der Waals surface area (Å²) < 4.78 is 28.9. The van der Waals surface area contributed by atoms with E-state index in [-0.39, 0.29) is 17.6 Å². The van der Waals surface area contributed by atoms with Crippen molar-refractivity contribution in [3.05, 3.63) is 23.8 Å². The molecule has 0 saturated heterocycles. The van der Waals surface area contributed by atoms with Gasteiger partial charge in [-0.05, 0) is 38.3 Å². The smallest absolute Gasteiger partial charge is 0.155 e. The van der Waals surface area contributed by atoms with Gasteiger partial charge in [-0.15, -0.1) is 0 Å². The number of rotatable bonds is 5. The summed E-state index contributed by atoms with van der Waals surface area (Å²) in [6.07, 6.45) is 2.24. The molecular weight excluding hydrogens is 262 g/mol. The van der Waals surface area contributed by atoms with Crippen LogP contribution in [0.3, 0.4) is 0 Å². The van der Waals surface area contributed by atoms with E-state index in [1.54, 1.807) is 13.8 Å². The van der Waals surface area contributed by atoms with Crippen LogP contribution in [0.2, 0.25) is 0 Å². The van der Waals surface area contributed by atoms with Gasteiger partial charge < -0.3 is 10.1 Å². The van der Waals surface area contributed by atoms with Gasteiger partial charge in [-0.25, -0.2) is 8.42 Å². The molecule has 0 saturated carbocycles. The molecule has 1 aliphatic rings. The number of nitrogens with one attached hydrogen (secondary N) is 1. The van der Waals surface area contributed by atoms with Crippen LogP contribution in [-0.2, 0) is 16.3 Å². The fourth-order valence-electron chi connectivity index (χ4n) is 2.04. The zero-order chi connectivity index (χ0) is 13.9. The predicted molar refractivity (Wildman–Crippen MR) is 77.7 cm³/mol. The highest BCUT2D eigenvalue weighted by Crippen LogP contribution is 2.26. The zero-order valence-corrected chi connectivity index (χ0v) is 12.3. The van der Waals surface area contributed by atoms with Crippen LogP contribution in [0.5, 0.6) is 5.75 Å². The molecule has 0 radical (unpaired) electrons. The zero-order valence-electron chi connectivity index (χ0n) is 11.5. The van der Waals surface area contributed by atoms with Gasteiger partial charge in [0.1, 0.15) is 12.4 Å². The second-order valence-electron chi connectivity index (χ2n) is 5.11. The van der Waals surface area contributed by atoms with E-state index in [1.165, 1.54) is 5.56 Å². The van der Waals surface area contributed by atoms with Crippen LogP contribution < -0.4 is 10.1 Å². The molecule has 1 N–H and O–H groups in total. The number of fused-ring (bicyclic) bond motifs is 1. The molecule has 0 aromatic heterocycles. The molecule has 19 heavy (non-hydrogen) atoms. The summed E-state index contributed by atoms with van der Waals surface area (Å²) in [6.45, 7) is 4.58. The van der Waals surface area contributed by atoms with E-state index in [0.717, 1.165) is 30.8 Å². The topological polar surface area (TPSA) is 55.4 Å². The van der Waals surface area contributed by atoms with Crippen molar-refractivity contribution in [2.75, 3.05) is 24.2 Å². The van der Waals surface area contributed by atoms with Crippen LogP contribution >= 0.6 is 0 Å². The third kappa shape index (κ3) is 3.62. The van der Waals surface area contributed by atoms with Gasteiger partial charge in [0.25, 0.3) is 0 Å². The Bertz CT molecular complexity index is 538. The van der Waals surface area contributed by atoms with E-state index in [2.05, 4.69) is 5.32 Å². The second-order valence-corrected chi connectivity index (χ2v) is 7.79. The predicted octanol–water partition coefficient (Wildman–Crippen LogP) is 2.25. The molecule has 1 aliphatic heterocycles. The van der Waals surface area contributed by atoms with E-state index >= 15 is 0 Å². The average Bonchev–Trinajstić information content (AvgIpc) is 2.38. The fourth-order valence-corrected chi connectivity index (χ4v) is 2.83. The molecule has 0 bridgehead atoms. The molecular formula is C14H21NO3S. The summed E-state index contributed by atoms with van der Waals surface area (Å²) >= 11 is 0. The van der Waals surface area contributed by atoms with Crippen molar-refractivity contribution in [1.29, 1.82) is 0 Å². The normalized spacial score (nSPS) is 14.9. The van der Waals surface area contributed by atoms with E-state index in [4.69, 9.17) is 4.74 Å². The molecule has 106 valence electrons. The van der Waals surface area contributed by atoms with Gasteiger partial charge in [-0.1, -0.05) is 6.07 Å². The number of sulfone groups is 1. The largest absolute Gasteiger partial charge is 0.492 e. The third-order valence-electron chi connectivity index (χ3n) is 3.37. The van der Waals surface area contributed by atoms with Gasteiger partial charge in [0.05, 0.1) is 11.0 Å². The molecule has 5 heteroatoms. The molecule has 0 atom stereocenters. The maximum Gasteiger partial charge on any atom is 0.155 e. The van der Waals surface area contributed by atoms with Crippen molar-refractivity contribution >= 4 is 15.5 Å². The van der Waals surface area contributed by atoms with Crippen molar-refractivity contribution in [1.82, 2.24) is 0 Å². The molecule has 0 fully saturated rings. The molecule has 1 aromatic rings. The van der Waals surface area contributed by atoms with Crippen molar-refractivity contribution in [3.8, 4) is 5.75 Å². The summed E-state index contributed by atoms with van der Waals surface area (Å²) in [4.78, 5) is 0. The van der Waals surface area contributed by atoms with Crippen molar-refractivity contribution < 1.29 is 13.2 Å². The van der Waals surface area contributed by atoms with Gasteiger partial charge in [0, 0.05) is 18.3 Å². The third-order valence-corrected chi connectivity index (χ3v) is 5.55. The van der Waals surface area contributed by atoms with Gasteiger partial charge in [-0.2, -0.15) is 0 Å². The van der Waals surface area contributed by atoms with Gasteiger partial charge in [0.2, 0.25) is 0 Å². The summed E-state index contributed by atoms with van der Waals surface area (Å²) in [5.74, 6) is 0.793. The van der Waals surface area contributed by atoms with Crippen molar-refractivity contribution in [2.24, 2.45) is 0 Å². The summed E-state index contributed by atoms with van der Waals surface area (Å²) in [5, 5.41) is 2.98. The van der Waals surface area contributed by atoms with Crippen LogP contribution in [0.25, 0.3) is 0 Å². The van der Waals surface area contributed by atoms with Gasteiger partial charge in [-0.3, -0.25) is 0 Å². The van der Waals surface area contributed by atoms with Crippen LogP contribution in [0.1, 0.15) is 25.8 Å². The van der Waals surface area contributed by atoms with Crippen molar-refractivity contribution in [2.45, 2.75) is 31.9 Å². The Kier molecular flexibility index (Phi) is 4.34. The average molecular weight is 283 g/mol. The summed E-state index contributed by atoms with van der Waals surface area (Å²) in [7, 11) is -3.03. The highest BCUT2D eigenvalue weighted by atomic mass is 32.2. The van der Waals surface area contributed by atoms with Gasteiger partial charge >= 0.3 is 0 Å². The lowest BCUT2D eigenvalue weighted by molar-refractivity contribution is 0.340. The Morgan fingerprint density at radius 1 is 1.37 bits per heavy atom. The van der Waals surface area contributed by atoms with Crippen LogP contribution in [0.4, 0.5) is 5.69 Å². The maximum absolute atomic E-state index is 11.7. The first-order valence-electron chi connectivity index (χ1n) is 6.70. The minimum atomic E-state index is -3.03. The van der Waals surface area contributed by atoms with Crippen molar-refractivity contribution in [3.63, 3.8) is 0 Å². The van der Waals surface area contributed by atoms with E-state index in [1.807, 2.05) is 18.2 Å². The summed E-state index contributed by atoms with van der Waals surface area (Å²) in [5.41, 5.74) is 2.41. The number of benzene rings is 1. The monoisotopic (exact) mass is 283 g/mol. The highest BCUT2D eigenvalue weighted by Gasteiger charge is 2.16. The fraction of sp³-hybridized carbons (Fsp3) is 0.571. The van der Waals surface area contributed by atoms with E-state index in [0.29, 0.717) is 0 Å². The number of aryl methyl sites for hydroxylation is 1. The quantitative estimate of drug-likeness (QED) is 0.900. The van der Waals surface area contributed by atoms with E-state index < -0.39 is 9.84 Å². The van der Waals surface area contributed by atoms with Crippen LogP contribution in [-0.4, -0.2) is 32.6 Å². The standard InChI is InChI=1S/C14H21NO3S/c1-11(2)19(16,17)9-8-18-13-6-5-12-4-3-7-15-14(12)10-13/h5-6,10-11,15H,3-4,7-9H2,1-2H3. The minimum Gasteiger partial charge on any atom is -0.492 e. The number of hydrogen-bond donors (Lipinski definition) is 1. The van der Waals surface area contributed by atoms with Gasteiger partial charge in [0.15, 0.2) is 9.84 Å². The maximum atomic E-state index is 11.7. The lowest BCUT2D eigenvalue weighted by Gasteiger charge is -2.19. The van der Waals surface area contributed by atoms with Crippen LogP contribution in [0, 0.1) is 0 Å². The number of anilines is 1. The first-order chi connectivity index (χ1) is 8.99. The summed E-state index contributed by atoms with van der Waals surface area (Å²) in [6, 6.07) is 5.91. The molecule has 1 heterocycles. The van der Waals surface area contributed by atoms with Crippen LogP contribution in [0.15, 0.2) is 18.2 Å². The number of ether oxygens (including phenoxy) is 1. The first kappa shape index (κ1) is 14.2. The first-order valence-corrected chi connectivity index (χ1v) is 8.42. The number of hydrogen-bond acceptors (Lipinski definition) is 4. The van der Waals surface area contributed by atoms with E-state index in [9.17, 15) is 8.42 Å². The Morgan fingerprint density at radius 3 is 2.89 bits per heavy atom. The molecule has 0 unspecified atom stereocenters. The highest BCUT2D eigenvalue weighted by molar-refractivity contribution is 7.91. The molecule has 4 nitrogen and oxygen atoms in total.